The second-order valence-corrected chi connectivity index (χ2v) is 4.10. The summed E-state index contributed by atoms with van der Waals surface area (Å²) in [4.78, 5) is 11.3. The number of benzene rings is 1. The average Bonchev–Trinajstić information content (AvgIpc) is 2.29. The molecule has 0 radical (unpaired) electrons. The summed E-state index contributed by atoms with van der Waals surface area (Å²) >= 11 is 0. The van der Waals surface area contributed by atoms with Gasteiger partial charge in [0.05, 0.1) is 13.0 Å². The summed E-state index contributed by atoms with van der Waals surface area (Å²) in [5.41, 5.74) is 1.04. The molecule has 0 unspecified atom stereocenters. The van der Waals surface area contributed by atoms with Crippen LogP contribution in [0.25, 0.3) is 0 Å². The van der Waals surface area contributed by atoms with Gasteiger partial charge in [-0.05, 0) is 38.1 Å². The SMILES string of the molecule is CNc1ccc(OCCC(=O)NC(C)C)cc1. The van der Waals surface area contributed by atoms with Crippen molar-refractivity contribution in [3.05, 3.63) is 24.3 Å². The third-order valence-electron chi connectivity index (χ3n) is 2.19. The lowest BCUT2D eigenvalue weighted by Crippen LogP contribution is -2.31. The Balaban J connectivity index is 2.28. The number of nitrogens with one attached hydrogen (secondary N) is 2. The van der Waals surface area contributed by atoms with Crippen molar-refractivity contribution < 1.29 is 9.53 Å². The van der Waals surface area contributed by atoms with E-state index in [4.69, 9.17) is 4.74 Å². The Labute approximate surface area is 102 Å². The number of carbonyl (C=O) groups excluding carboxylic acids is 1. The zero-order valence-electron chi connectivity index (χ0n) is 10.6. The molecule has 0 saturated heterocycles. The van der Waals surface area contributed by atoms with Crippen molar-refractivity contribution in [3.63, 3.8) is 0 Å². The van der Waals surface area contributed by atoms with E-state index in [0.717, 1.165) is 11.4 Å². The van der Waals surface area contributed by atoms with E-state index in [1.54, 1.807) is 0 Å². The Morgan fingerprint density at radius 1 is 1.29 bits per heavy atom. The molecule has 0 spiro atoms. The lowest BCUT2D eigenvalue weighted by atomic mass is 10.3. The van der Waals surface area contributed by atoms with Gasteiger partial charge in [-0.2, -0.15) is 0 Å². The molecule has 94 valence electrons. The first-order chi connectivity index (χ1) is 8.11. The van der Waals surface area contributed by atoms with Gasteiger partial charge in [0, 0.05) is 18.8 Å². The van der Waals surface area contributed by atoms with E-state index in [1.807, 2.05) is 45.2 Å². The van der Waals surface area contributed by atoms with Crippen LogP contribution < -0.4 is 15.4 Å². The van der Waals surface area contributed by atoms with Crippen LogP contribution in [0.2, 0.25) is 0 Å². The molecule has 0 fully saturated rings. The fraction of sp³-hybridized carbons (Fsp3) is 0.462. The molecule has 4 heteroatoms. The van der Waals surface area contributed by atoms with E-state index in [2.05, 4.69) is 10.6 Å². The van der Waals surface area contributed by atoms with Crippen molar-refractivity contribution in [2.24, 2.45) is 0 Å². The molecule has 4 nitrogen and oxygen atoms in total. The van der Waals surface area contributed by atoms with Crippen molar-refractivity contribution >= 4 is 11.6 Å². The maximum Gasteiger partial charge on any atom is 0.223 e. The molecule has 17 heavy (non-hydrogen) atoms. The average molecular weight is 236 g/mol. The Morgan fingerprint density at radius 2 is 1.94 bits per heavy atom. The second-order valence-electron chi connectivity index (χ2n) is 4.10. The summed E-state index contributed by atoms with van der Waals surface area (Å²) in [6.07, 6.45) is 0.381. The lowest BCUT2D eigenvalue weighted by Gasteiger charge is -2.09. The largest absolute Gasteiger partial charge is 0.493 e. The zero-order chi connectivity index (χ0) is 12.7. The van der Waals surface area contributed by atoms with Crippen LogP contribution in [0, 0.1) is 0 Å². The molecule has 0 aliphatic carbocycles. The Bertz CT molecular complexity index is 347. The van der Waals surface area contributed by atoms with E-state index >= 15 is 0 Å². The summed E-state index contributed by atoms with van der Waals surface area (Å²) in [5.74, 6) is 0.799. The number of carbonyl (C=O) groups is 1. The number of hydrogen-bond donors (Lipinski definition) is 2. The highest BCUT2D eigenvalue weighted by molar-refractivity contribution is 5.76. The minimum atomic E-state index is 0.0202. The van der Waals surface area contributed by atoms with Crippen LogP contribution in [0.4, 0.5) is 5.69 Å². The highest BCUT2D eigenvalue weighted by Gasteiger charge is 2.03. The van der Waals surface area contributed by atoms with Gasteiger partial charge in [-0.25, -0.2) is 0 Å². The van der Waals surface area contributed by atoms with Gasteiger partial charge in [0.15, 0.2) is 0 Å². The summed E-state index contributed by atoms with van der Waals surface area (Å²) in [6, 6.07) is 7.81. The van der Waals surface area contributed by atoms with E-state index in [0.29, 0.717) is 13.0 Å². The van der Waals surface area contributed by atoms with Gasteiger partial charge in [0.25, 0.3) is 0 Å². The van der Waals surface area contributed by atoms with E-state index in [-0.39, 0.29) is 11.9 Å². The van der Waals surface area contributed by atoms with Gasteiger partial charge >= 0.3 is 0 Å². The molecular formula is C13H20N2O2. The van der Waals surface area contributed by atoms with Crippen molar-refractivity contribution in [3.8, 4) is 5.75 Å². The van der Waals surface area contributed by atoms with Crippen molar-refractivity contribution in [2.45, 2.75) is 26.3 Å². The quantitative estimate of drug-likeness (QED) is 0.794. The highest BCUT2D eigenvalue weighted by Crippen LogP contribution is 2.15. The van der Waals surface area contributed by atoms with Gasteiger partial charge in [-0.15, -0.1) is 0 Å². The van der Waals surface area contributed by atoms with Crippen LogP contribution in [-0.4, -0.2) is 25.6 Å². The minimum Gasteiger partial charge on any atom is -0.493 e. The minimum absolute atomic E-state index is 0.0202. The van der Waals surface area contributed by atoms with Gasteiger partial charge in [0.1, 0.15) is 5.75 Å². The molecule has 0 aliphatic rings. The molecule has 0 saturated carbocycles. The Morgan fingerprint density at radius 3 is 2.47 bits per heavy atom. The fourth-order valence-electron chi connectivity index (χ4n) is 1.37. The highest BCUT2D eigenvalue weighted by atomic mass is 16.5. The number of rotatable bonds is 6. The van der Waals surface area contributed by atoms with Crippen molar-refractivity contribution in [1.82, 2.24) is 5.32 Å². The third-order valence-corrected chi connectivity index (χ3v) is 2.19. The molecule has 1 aromatic carbocycles. The Kier molecular flexibility index (Phi) is 5.33. The Hall–Kier alpha value is -1.71. The second kappa shape index (κ2) is 6.78. The van der Waals surface area contributed by atoms with Crippen LogP contribution in [-0.2, 0) is 4.79 Å². The summed E-state index contributed by atoms with van der Waals surface area (Å²) in [5, 5.41) is 5.85. The zero-order valence-corrected chi connectivity index (χ0v) is 10.6. The van der Waals surface area contributed by atoms with E-state index < -0.39 is 0 Å². The summed E-state index contributed by atoms with van der Waals surface area (Å²) < 4.78 is 5.47. The lowest BCUT2D eigenvalue weighted by molar-refractivity contribution is -0.122. The molecule has 0 aromatic heterocycles. The number of amides is 1. The fourth-order valence-corrected chi connectivity index (χ4v) is 1.37. The predicted octanol–water partition coefficient (Wildman–Crippen LogP) is 2.02. The smallest absolute Gasteiger partial charge is 0.223 e. The van der Waals surface area contributed by atoms with Crippen molar-refractivity contribution in [1.29, 1.82) is 0 Å². The molecule has 0 aliphatic heterocycles. The molecule has 1 aromatic rings. The first-order valence-electron chi connectivity index (χ1n) is 5.82. The van der Waals surface area contributed by atoms with Crippen LogP contribution >= 0.6 is 0 Å². The van der Waals surface area contributed by atoms with Gasteiger partial charge in [-0.3, -0.25) is 4.79 Å². The summed E-state index contributed by atoms with van der Waals surface area (Å²) in [7, 11) is 1.87. The van der Waals surface area contributed by atoms with Crippen LogP contribution in [0.15, 0.2) is 24.3 Å². The van der Waals surface area contributed by atoms with Crippen LogP contribution in [0.1, 0.15) is 20.3 Å². The third kappa shape index (κ3) is 5.24. The first kappa shape index (κ1) is 13.4. The van der Waals surface area contributed by atoms with Gasteiger partial charge in [0.2, 0.25) is 5.91 Å². The van der Waals surface area contributed by atoms with Crippen LogP contribution in [0.5, 0.6) is 5.75 Å². The molecular weight excluding hydrogens is 216 g/mol. The van der Waals surface area contributed by atoms with E-state index in [1.165, 1.54) is 0 Å². The molecule has 1 amide bonds. The molecule has 1 rings (SSSR count). The normalized spacial score (nSPS) is 10.1. The number of ether oxygens (including phenoxy) is 1. The standard InChI is InChI=1S/C13H20N2O2/c1-10(2)15-13(16)8-9-17-12-6-4-11(14-3)5-7-12/h4-7,10,14H,8-9H2,1-3H3,(H,15,16). The monoisotopic (exact) mass is 236 g/mol. The molecule has 0 heterocycles. The molecule has 0 bridgehead atoms. The maximum absolute atomic E-state index is 11.3. The van der Waals surface area contributed by atoms with Crippen LogP contribution in [0.3, 0.4) is 0 Å². The maximum atomic E-state index is 11.3. The van der Waals surface area contributed by atoms with Gasteiger partial charge < -0.3 is 15.4 Å². The molecule has 0 atom stereocenters. The van der Waals surface area contributed by atoms with Gasteiger partial charge in [-0.1, -0.05) is 0 Å². The predicted molar refractivity (Wildman–Crippen MR) is 69.4 cm³/mol. The van der Waals surface area contributed by atoms with E-state index in [9.17, 15) is 4.79 Å². The van der Waals surface area contributed by atoms with Crippen molar-refractivity contribution in [2.75, 3.05) is 19.0 Å². The first-order valence-corrected chi connectivity index (χ1v) is 5.82. The number of anilines is 1. The topological polar surface area (TPSA) is 50.4 Å². The molecule has 2 N–H and O–H groups in total. The number of hydrogen-bond acceptors (Lipinski definition) is 3. The summed E-state index contributed by atoms with van der Waals surface area (Å²) in [6.45, 7) is 4.28.